The summed E-state index contributed by atoms with van der Waals surface area (Å²) >= 11 is 0. The average molecular weight is 358 g/mol. The Morgan fingerprint density at radius 1 is 1.15 bits per heavy atom. The van der Waals surface area contributed by atoms with Crippen molar-refractivity contribution in [3.05, 3.63) is 75.6 Å². The summed E-state index contributed by atoms with van der Waals surface area (Å²) in [6, 6.07) is 12.0. The van der Waals surface area contributed by atoms with Crippen LogP contribution in [0.15, 0.2) is 48.5 Å². The number of rotatable bonds is 8. The first kappa shape index (κ1) is 19.6. The van der Waals surface area contributed by atoms with E-state index in [1.807, 2.05) is 6.92 Å². The number of nitro groups is 1. The molecule has 0 unspecified atom stereocenters. The van der Waals surface area contributed by atoms with Crippen LogP contribution in [0.5, 0.6) is 0 Å². The molecule has 0 aromatic heterocycles. The van der Waals surface area contributed by atoms with Gasteiger partial charge in [-0.05, 0) is 36.6 Å². The van der Waals surface area contributed by atoms with Gasteiger partial charge in [0.1, 0.15) is 5.82 Å². The fourth-order valence-corrected chi connectivity index (χ4v) is 2.80. The monoisotopic (exact) mass is 358 g/mol. The number of benzene rings is 2. The zero-order valence-corrected chi connectivity index (χ0v) is 15.0. The normalized spacial score (nSPS) is 11.8. The number of halogens is 1. The lowest BCUT2D eigenvalue weighted by atomic mass is 10.0. The number of carbonyl (C=O) groups is 1. The predicted octanol–water partition coefficient (Wildman–Crippen LogP) is 4.67. The Morgan fingerprint density at radius 3 is 2.31 bits per heavy atom. The summed E-state index contributed by atoms with van der Waals surface area (Å²) in [5.74, 6) is -0.359. The van der Waals surface area contributed by atoms with Gasteiger partial charge in [0.15, 0.2) is 0 Å². The quantitative estimate of drug-likeness (QED) is 0.509. The molecule has 0 aliphatic heterocycles. The van der Waals surface area contributed by atoms with Gasteiger partial charge in [-0.1, -0.05) is 37.6 Å². The van der Waals surface area contributed by atoms with Crippen LogP contribution in [-0.2, 0) is 11.2 Å². The van der Waals surface area contributed by atoms with E-state index in [4.69, 9.17) is 0 Å². The molecule has 0 bridgehead atoms. The largest absolute Gasteiger partial charge is 0.336 e. The molecule has 0 saturated carbocycles. The molecule has 26 heavy (non-hydrogen) atoms. The fourth-order valence-electron chi connectivity index (χ4n) is 2.80. The van der Waals surface area contributed by atoms with E-state index in [2.05, 4.69) is 6.92 Å². The van der Waals surface area contributed by atoms with Crippen molar-refractivity contribution >= 4 is 11.6 Å². The first-order valence-electron chi connectivity index (χ1n) is 8.70. The van der Waals surface area contributed by atoms with E-state index in [1.54, 1.807) is 29.2 Å². The lowest BCUT2D eigenvalue weighted by Gasteiger charge is -2.30. The first-order chi connectivity index (χ1) is 12.4. The molecular formula is C20H23FN2O3. The third-order valence-electron chi connectivity index (χ3n) is 4.40. The topological polar surface area (TPSA) is 63.5 Å². The third kappa shape index (κ3) is 5.12. The number of hydrogen-bond donors (Lipinski definition) is 0. The third-order valence-corrected chi connectivity index (χ3v) is 4.40. The highest BCUT2D eigenvalue weighted by Crippen LogP contribution is 2.23. The molecule has 0 aliphatic carbocycles. The van der Waals surface area contributed by atoms with Crippen LogP contribution in [0.4, 0.5) is 10.1 Å². The van der Waals surface area contributed by atoms with Crippen LogP contribution in [0.3, 0.4) is 0 Å². The molecule has 0 spiro atoms. The second-order valence-electron chi connectivity index (χ2n) is 6.27. The summed E-state index contributed by atoms with van der Waals surface area (Å²) in [5.41, 5.74) is 1.61. The number of non-ortho nitro benzene ring substituents is 1. The van der Waals surface area contributed by atoms with Crippen molar-refractivity contribution in [2.45, 2.75) is 39.2 Å². The molecule has 138 valence electrons. The molecule has 0 fully saturated rings. The van der Waals surface area contributed by atoms with Gasteiger partial charge >= 0.3 is 0 Å². The lowest BCUT2D eigenvalue weighted by molar-refractivity contribution is -0.384. The summed E-state index contributed by atoms with van der Waals surface area (Å²) in [6.07, 6.45) is 2.00. The molecule has 2 rings (SSSR count). The van der Waals surface area contributed by atoms with Crippen LogP contribution >= 0.6 is 0 Å². The number of nitro benzene ring substituents is 1. The summed E-state index contributed by atoms with van der Waals surface area (Å²) in [5, 5.41) is 10.7. The molecule has 2 aromatic carbocycles. The fraction of sp³-hybridized carbons (Fsp3) is 0.350. The lowest BCUT2D eigenvalue weighted by Crippen LogP contribution is -2.35. The SMILES string of the molecule is CCCCN(C(=O)Cc1ccc([N+](=O)[O-])cc1)[C@@H](C)c1ccc(F)cc1. The van der Waals surface area contributed by atoms with Gasteiger partial charge in [0.25, 0.3) is 5.69 Å². The molecule has 0 saturated heterocycles. The van der Waals surface area contributed by atoms with E-state index in [0.29, 0.717) is 6.54 Å². The molecule has 1 amide bonds. The van der Waals surface area contributed by atoms with Crippen LogP contribution in [0, 0.1) is 15.9 Å². The Balaban J connectivity index is 2.15. The van der Waals surface area contributed by atoms with E-state index < -0.39 is 4.92 Å². The van der Waals surface area contributed by atoms with Gasteiger partial charge in [0, 0.05) is 18.7 Å². The predicted molar refractivity (Wildman–Crippen MR) is 98.2 cm³/mol. The van der Waals surface area contributed by atoms with Gasteiger partial charge < -0.3 is 4.90 Å². The Morgan fingerprint density at radius 2 is 1.77 bits per heavy atom. The molecule has 2 aromatic rings. The van der Waals surface area contributed by atoms with Crippen molar-refractivity contribution in [1.29, 1.82) is 0 Å². The number of nitrogens with zero attached hydrogens (tertiary/aromatic N) is 2. The van der Waals surface area contributed by atoms with Crippen molar-refractivity contribution in [2.75, 3.05) is 6.54 Å². The zero-order valence-electron chi connectivity index (χ0n) is 15.0. The average Bonchev–Trinajstić information content (AvgIpc) is 2.63. The molecule has 0 N–H and O–H groups in total. The van der Waals surface area contributed by atoms with E-state index in [9.17, 15) is 19.3 Å². The second kappa shape index (κ2) is 9.08. The molecule has 0 radical (unpaired) electrons. The van der Waals surface area contributed by atoms with Crippen LogP contribution in [-0.4, -0.2) is 22.3 Å². The highest BCUT2D eigenvalue weighted by atomic mass is 19.1. The summed E-state index contributed by atoms with van der Waals surface area (Å²) in [6.45, 7) is 4.60. The van der Waals surface area contributed by atoms with Gasteiger partial charge in [-0.3, -0.25) is 14.9 Å². The second-order valence-corrected chi connectivity index (χ2v) is 6.27. The van der Waals surface area contributed by atoms with Crippen molar-refractivity contribution < 1.29 is 14.1 Å². The molecule has 5 nitrogen and oxygen atoms in total. The van der Waals surface area contributed by atoms with Crippen LogP contribution in [0.2, 0.25) is 0 Å². The Labute approximate surface area is 152 Å². The van der Waals surface area contributed by atoms with Crippen molar-refractivity contribution in [1.82, 2.24) is 4.90 Å². The Bertz CT molecular complexity index is 745. The maximum atomic E-state index is 13.2. The smallest absolute Gasteiger partial charge is 0.269 e. The van der Waals surface area contributed by atoms with Crippen LogP contribution in [0.25, 0.3) is 0 Å². The molecule has 6 heteroatoms. The minimum absolute atomic E-state index is 0.00344. The van der Waals surface area contributed by atoms with E-state index in [1.165, 1.54) is 24.3 Å². The summed E-state index contributed by atoms with van der Waals surface area (Å²) in [4.78, 5) is 24.9. The Hall–Kier alpha value is -2.76. The van der Waals surface area contributed by atoms with E-state index in [-0.39, 0.29) is 29.9 Å². The first-order valence-corrected chi connectivity index (χ1v) is 8.70. The highest BCUT2D eigenvalue weighted by molar-refractivity contribution is 5.79. The van der Waals surface area contributed by atoms with Crippen molar-refractivity contribution in [3.8, 4) is 0 Å². The summed E-state index contributed by atoms with van der Waals surface area (Å²) < 4.78 is 13.2. The molecule has 0 heterocycles. The number of amides is 1. The molecule has 0 aliphatic rings. The number of carbonyl (C=O) groups excluding carboxylic acids is 1. The van der Waals surface area contributed by atoms with Gasteiger partial charge in [0.05, 0.1) is 17.4 Å². The molecule has 1 atom stereocenters. The maximum absolute atomic E-state index is 13.2. The molecular weight excluding hydrogens is 335 g/mol. The van der Waals surface area contributed by atoms with Crippen LogP contribution in [0.1, 0.15) is 43.9 Å². The van der Waals surface area contributed by atoms with Crippen molar-refractivity contribution in [2.24, 2.45) is 0 Å². The number of hydrogen-bond acceptors (Lipinski definition) is 3. The standard InChI is InChI=1S/C20H23FN2O3/c1-3-4-13-22(15(2)17-7-9-18(21)10-8-17)20(24)14-16-5-11-19(12-6-16)23(25)26/h5-12,15H,3-4,13-14H2,1-2H3/t15-/m0/s1. The summed E-state index contributed by atoms with van der Waals surface area (Å²) in [7, 11) is 0. The van der Waals surface area contributed by atoms with Gasteiger partial charge in [-0.15, -0.1) is 0 Å². The van der Waals surface area contributed by atoms with Crippen LogP contribution < -0.4 is 0 Å². The Kier molecular flexibility index (Phi) is 6.83. The van der Waals surface area contributed by atoms with Gasteiger partial charge in [-0.25, -0.2) is 4.39 Å². The minimum atomic E-state index is -0.463. The zero-order chi connectivity index (χ0) is 19.1. The highest BCUT2D eigenvalue weighted by Gasteiger charge is 2.21. The number of unbranched alkanes of at least 4 members (excludes halogenated alkanes) is 1. The van der Waals surface area contributed by atoms with Gasteiger partial charge in [0.2, 0.25) is 5.91 Å². The van der Waals surface area contributed by atoms with E-state index in [0.717, 1.165) is 24.0 Å². The van der Waals surface area contributed by atoms with E-state index >= 15 is 0 Å². The maximum Gasteiger partial charge on any atom is 0.269 e. The minimum Gasteiger partial charge on any atom is -0.336 e. The van der Waals surface area contributed by atoms with Gasteiger partial charge in [-0.2, -0.15) is 0 Å². The van der Waals surface area contributed by atoms with Crippen molar-refractivity contribution in [3.63, 3.8) is 0 Å².